The van der Waals surface area contributed by atoms with Gasteiger partial charge in [0.2, 0.25) is 0 Å². The second kappa shape index (κ2) is 4.13. The third kappa shape index (κ3) is 1.86. The minimum atomic E-state index is 0.103. The van der Waals surface area contributed by atoms with Crippen LogP contribution >= 0.6 is 0 Å². The zero-order valence-corrected chi connectivity index (χ0v) is 9.81. The van der Waals surface area contributed by atoms with Crippen molar-refractivity contribution in [2.45, 2.75) is 13.0 Å². The predicted molar refractivity (Wildman–Crippen MR) is 69.5 cm³/mol. The van der Waals surface area contributed by atoms with Crippen LogP contribution in [0.4, 0.5) is 5.69 Å². The van der Waals surface area contributed by atoms with Crippen LogP contribution in [0.2, 0.25) is 0 Å². The molecule has 1 aliphatic rings. The molecule has 17 heavy (non-hydrogen) atoms. The first-order valence-electron chi connectivity index (χ1n) is 5.90. The number of hydrogen-bond acceptors (Lipinski definition) is 2. The molecule has 0 fully saturated rings. The number of rotatable bonds is 1. The van der Waals surface area contributed by atoms with Gasteiger partial charge in [0.05, 0.1) is 12.2 Å². The van der Waals surface area contributed by atoms with E-state index in [1.807, 2.05) is 24.3 Å². The fraction of sp³-hybridized carbons (Fsp3) is 0.200. The highest BCUT2D eigenvalue weighted by molar-refractivity contribution is 5.58. The van der Waals surface area contributed by atoms with Crippen molar-refractivity contribution in [3.8, 4) is 5.75 Å². The number of aryl methyl sites for hydroxylation is 1. The van der Waals surface area contributed by atoms with Crippen molar-refractivity contribution < 1.29 is 4.74 Å². The molecule has 0 bridgehead atoms. The van der Waals surface area contributed by atoms with Gasteiger partial charge >= 0.3 is 0 Å². The lowest BCUT2D eigenvalue weighted by Gasteiger charge is -2.28. The van der Waals surface area contributed by atoms with E-state index in [4.69, 9.17) is 4.74 Å². The Kier molecular flexibility index (Phi) is 2.48. The SMILES string of the molecule is Cc1ccccc1C1CNc2ccccc2O1. The van der Waals surface area contributed by atoms with Crippen molar-refractivity contribution in [2.24, 2.45) is 0 Å². The van der Waals surface area contributed by atoms with Gasteiger partial charge in [0, 0.05) is 0 Å². The standard InChI is InChI=1S/C15H15NO/c1-11-6-2-3-7-12(11)15-10-16-13-8-4-5-9-14(13)17-15/h2-9,15-16H,10H2,1H3. The van der Waals surface area contributed by atoms with Gasteiger partial charge in [-0.15, -0.1) is 0 Å². The molecule has 1 unspecified atom stereocenters. The van der Waals surface area contributed by atoms with Gasteiger partial charge in [0.1, 0.15) is 11.9 Å². The highest BCUT2D eigenvalue weighted by Crippen LogP contribution is 2.34. The van der Waals surface area contributed by atoms with E-state index in [1.54, 1.807) is 0 Å². The molecule has 0 spiro atoms. The number of ether oxygens (including phenoxy) is 1. The minimum Gasteiger partial charge on any atom is -0.482 e. The van der Waals surface area contributed by atoms with Crippen LogP contribution in [0.5, 0.6) is 5.75 Å². The normalized spacial score (nSPS) is 17.8. The maximum absolute atomic E-state index is 6.04. The van der Waals surface area contributed by atoms with E-state index >= 15 is 0 Å². The summed E-state index contributed by atoms with van der Waals surface area (Å²) < 4.78 is 6.04. The third-order valence-electron chi connectivity index (χ3n) is 3.17. The van der Waals surface area contributed by atoms with Gasteiger partial charge in [-0.2, -0.15) is 0 Å². The quantitative estimate of drug-likeness (QED) is 0.801. The Morgan fingerprint density at radius 3 is 2.71 bits per heavy atom. The Morgan fingerprint density at radius 2 is 1.82 bits per heavy atom. The lowest BCUT2D eigenvalue weighted by molar-refractivity contribution is 0.210. The molecule has 1 atom stereocenters. The van der Waals surface area contributed by atoms with Gasteiger partial charge in [-0.1, -0.05) is 36.4 Å². The van der Waals surface area contributed by atoms with Crippen LogP contribution in [-0.2, 0) is 0 Å². The van der Waals surface area contributed by atoms with Gasteiger partial charge in [-0.3, -0.25) is 0 Å². The van der Waals surface area contributed by atoms with Crippen molar-refractivity contribution >= 4 is 5.69 Å². The predicted octanol–water partition coefficient (Wildman–Crippen LogP) is 3.54. The lowest BCUT2D eigenvalue weighted by atomic mass is 10.0. The van der Waals surface area contributed by atoms with E-state index in [0.29, 0.717) is 0 Å². The number of benzene rings is 2. The summed E-state index contributed by atoms with van der Waals surface area (Å²) in [5.41, 5.74) is 3.62. The number of nitrogens with one attached hydrogen (secondary N) is 1. The maximum Gasteiger partial charge on any atom is 0.143 e. The molecular formula is C15H15NO. The zero-order valence-electron chi connectivity index (χ0n) is 9.81. The van der Waals surface area contributed by atoms with Crippen LogP contribution in [0.3, 0.4) is 0 Å². The minimum absolute atomic E-state index is 0.103. The molecule has 86 valence electrons. The Morgan fingerprint density at radius 1 is 1.06 bits per heavy atom. The fourth-order valence-corrected chi connectivity index (χ4v) is 2.23. The average molecular weight is 225 g/mol. The van der Waals surface area contributed by atoms with E-state index in [1.165, 1.54) is 11.1 Å². The van der Waals surface area contributed by atoms with Gasteiger partial charge in [0.25, 0.3) is 0 Å². The van der Waals surface area contributed by atoms with Crippen LogP contribution in [0.1, 0.15) is 17.2 Å². The molecule has 1 aliphatic heterocycles. The second-order valence-corrected chi connectivity index (χ2v) is 4.34. The van der Waals surface area contributed by atoms with Crippen LogP contribution in [0.25, 0.3) is 0 Å². The van der Waals surface area contributed by atoms with Gasteiger partial charge < -0.3 is 10.1 Å². The number of anilines is 1. The fourth-order valence-electron chi connectivity index (χ4n) is 2.23. The summed E-state index contributed by atoms with van der Waals surface area (Å²) in [4.78, 5) is 0. The molecule has 2 aromatic carbocycles. The van der Waals surface area contributed by atoms with Crippen molar-refractivity contribution in [1.82, 2.24) is 0 Å². The first kappa shape index (κ1) is 10.2. The molecule has 1 heterocycles. The van der Waals surface area contributed by atoms with E-state index in [9.17, 15) is 0 Å². The number of fused-ring (bicyclic) bond motifs is 1. The topological polar surface area (TPSA) is 21.3 Å². The molecule has 0 saturated heterocycles. The lowest BCUT2D eigenvalue weighted by Crippen LogP contribution is -2.24. The molecule has 3 rings (SSSR count). The van der Waals surface area contributed by atoms with Gasteiger partial charge in [-0.05, 0) is 30.2 Å². The van der Waals surface area contributed by atoms with Crippen molar-refractivity contribution in [1.29, 1.82) is 0 Å². The van der Waals surface area contributed by atoms with Crippen molar-refractivity contribution in [2.75, 3.05) is 11.9 Å². The van der Waals surface area contributed by atoms with Gasteiger partial charge in [-0.25, -0.2) is 0 Å². The van der Waals surface area contributed by atoms with Gasteiger partial charge in [0.15, 0.2) is 0 Å². The molecule has 0 radical (unpaired) electrons. The van der Waals surface area contributed by atoms with Crippen LogP contribution in [-0.4, -0.2) is 6.54 Å². The summed E-state index contributed by atoms with van der Waals surface area (Å²) in [6.07, 6.45) is 0.103. The van der Waals surface area contributed by atoms with Crippen LogP contribution in [0.15, 0.2) is 48.5 Å². The second-order valence-electron chi connectivity index (χ2n) is 4.34. The molecule has 0 aromatic heterocycles. The Hall–Kier alpha value is -1.96. The number of hydrogen-bond donors (Lipinski definition) is 1. The van der Waals surface area contributed by atoms with Crippen LogP contribution in [0, 0.1) is 6.92 Å². The Labute approximate surface area is 101 Å². The van der Waals surface area contributed by atoms with E-state index in [2.05, 4.69) is 36.5 Å². The summed E-state index contributed by atoms with van der Waals surface area (Å²) in [6, 6.07) is 16.4. The first-order valence-corrected chi connectivity index (χ1v) is 5.90. The summed E-state index contributed by atoms with van der Waals surface area (Å²) >= 11 is 0. The largest absolute Gasteiger partial charge is 0.482 e. The Bertz CT molecular complexity index is 536. The summed E-state index contributed by atoms with van der Waals surface area (Å²) in [6.45, 7) is 2.95. The smallest absolute Gasteiger partial charge is 0.143 e. The molecule has 1 N–H and O–H groups in total. The van der Waals surface area contributed by atoms with E-state index in [0.717, 1.165) is 18.0 Å². The Balaban J connectivity index is 1.92. The average Bonchev–Trinajstić information content (AvgIpc) is 2.39. The molecule has 2 nitrogen and oxygen atoms in total. The monoisotopic (exact) mass is 225 g/mol. The molecular weight excluding hydrogens is 210 g/mol. The summed E-state index contributed by atoms with van der Waals surface area (Å²) in [5.74, 6) is 0.937. The highest BCUT2D eigenvalue weighted by Gasteiger charge is 2.21. The van der Waals surface area contributed by atoms with Crippen molar-refractivity contribution in [3.05, 3.63) is 59.7 Å². The molecule has 2 aromatic rings. The van der Waals surface area contributed by atoms with Crippen molar-refractivity contribution in [3.63, 3.8) is 0 Å². The molecule has 0 aliphatic carbocycles. The van der Waals surface area contributed by atoms with E-state index < -0.39 is 0 Å². The van der Waals surface area contributed by atoms with Crippen LogP contribution < -0.4 is 10.1 Å². The third-order valence-corrected chi connectivity index (χ3v) is 3.17. The number of para-hydroxylation sites is 2. The zero-order chi connectivity index (χ0) is 11.7. The first-order chi connectivity index (χ1) is 8.34. The summed E-state index contributed by atoms with van der Waals surface area (Å²) in [7, 11) is 0. The molecule has 0 saturated carbocycles. The highest BCUT2D eigenvalue weighted by atomic mass is 16.5. The molecule has 2 heteroatoms. The maximum atomic E-state index is 6.04. The molecule has 0 amide bonds. The summed E-state index contributed by atoms with van der Waals surface area (Å²) in [5, 5.41) is 3.41. The van der Waals surface area contributed by atoms with E-state index in [-0.39, 0.29) is 6.10 Å².